The summed E-state index contributed by atoms with van der Waals surface area (Å²) in [6.45, 7) is -2.10. The summed E-state index contributed by atoms with van der Waals surface area (Å²) in [6.07, 6.45) is 0.878. The van der Waals surface area contributed by atoms with Crippen LogP contribution in [0.3, 0.4) is 0 Å². The predicted octanol–water partition coefficient (Wildman–Crippen LogP) is -18.6. The van der Waals surface area contributed by atoms with E-state index in [-0.39, 0.29) is 189 Å². The van der Waals surface area contributed by atoms with Crippen LogP contribution in [0.15, 0.2) is 112 Å². The molecular weight excluding hydrogens is 1440 g/mol. The van der Waals surface area contributed by atoms with Crippen LogP contribution in [0.4, 0.5) is 34.6 Å². The van der Waals surface area contributed by atoms with Gasteiger partial charge in [0.05, 0.1) is 88.0 Å². The van der Waals surface area contributed by atoms with Crippen molar-refractivity contribution in [3.8, 4) is 0 Å². The van der Waals surface area contributed by atoms with Gasteiger partial charge in [0.25, 0.3) is 0 Å². The molecule has 2 aliphatic carbocycles. The fourth-order valence-corrected chi connectivity index (χ4v) is 12.6. The van der Waals surface area contributed by atoms with E-state index in [0.29, 0.717) is 36.4 Å². The number of nitrogens with zero attached hydrogens (tertiary/aromatic N) is 5. The number of allylic oxidation sites excluding steroid dienone is 2. The van der Waals surface area contributed by atoms with Crippen molar-refractivity contribution < 1.29 is 290 Å². The molecule has 4 N–H and O–H groups in total. The fourth-order valence-electron chi connectivity index (χ4n) is 7.11. The zero-order valence-electron chi connectivity index (χ0n) is 45.9. The largest absolute Gasteiger partial charge is 1.00 e. The third-order valence-corrected chi connectivity index (χ3v) is 18.4. The number of rotatable bonds is 22. The fraction of sp³-hybridized carbons (Fsp3) is 0.103. The van der Waals surface area contributed by atoms with Gasteiger partial charge in [0.15, 0.2) is 19.7 Å². The Morgan fingerprint density at radius 1 is 0.438 bits per heavy atom. The molecule has 1 aromatic heterocycles. The number of nitrogens with one attached hydrogen (secondary N) is 4. The molecule has 0 spiro atoms. The van der Waals surface area contributed by atoms with Gasteiger partial charge in [-0.1, -0.05) is 0 Å². The number of Topliss-reactive ketones (excluding diaryl/α,β-unsaturated/α-hetero) is 2. The van der Waals surface area contributed by atoms with Gasteiger partial charge in [0.1, 0.15) is 51.9 Å². The number of halogens is 1. The first-order valence-corrected chi connectivity index (χ1v) is 33.3. The molecule has 0 unspecified atom stereocenters. The summed E-state index contributed by atoms with van der Waals surface area (Å²) >= 11 is 6.18. The van der Waals surface area contributed by atoms with E-state index in [4.69, 9.17) is 11.6 Å². The quantitative estimate of drug-likeness (QED) is 0.0216. The Balaban J connectivity index is 0.00000660. The van der Waals surface area contributed by atoms with Crippen molar-refractivity contribution in [1.82, 2.24) is 15.0 Å². The Morgan fingerprint density at radius 2 is 0.753 bits per heavy atom. The molecule has 89 heavy (non-hydrogen) atoms. The van der Waals surface area contributed by atoms with Crippen LogP contribution in [0.1, 0.15) is 31.8 Å². The van der Waals surface area contributed by atoms with Gasteiger partial charge in [-0.25, -0.2) is 67.3 Å². The van der Waals surface area contributed by atoms with E-state index in [2.05, 4.69) is 55.0 Å². The van der Waals surface area contributed by atoms with Gasteiger partial charge in [-0.2, -0.15) is 25.2 Å². The monoisotopic (exact) mass is 1460 g/mol. The van der Waals surface area contributed by atoms with E-state index in [0.717, 1.165) is 48.5 Å². The maximum atomic E-state index is 14.3. The van der Waals surface area contributed by atoms with Crippen molar-refractivity contribution in [3.63, 3.8) is 0 Å². The minimum atomic E-state index is -5.75. The Hall–Kier alpha value is -1.18. The summed E-state index contributed by atoms with van der Waals surface area (Å²) in [7, 11) is -41.7. The standard InChI is InChI=1S/C39H32ClN9O26S8.6Na/c40-37-43-38(41-27-17-25(78(56,57)58)13-19-15-29(80(62,63)64)33(35(50)31(19)27)48-46-21-1-5-23(6-2-21)76(52,53)11-9-74-82(68,69)70)45-39(44-37)42-28-18-26(79(59,60)61)14-20-16-30(81(65,66)67)34(36(51)32(20)28)49-47-22-3-7-24(8-4-22)77(54,55)12-10-75-83(71,72)73;;;;;;/h1-8,13-18,46-47H,9-12H2,(H,56,57,58)(H,59,60,61)(H,62,63,64)(H,65,66,67)(H,68,69,70)(H,71,72,73)(H2,41,42,43,44,45);;;;;;/q;6*+1/p-6. The summed E-state index contributed by atoms with van der Waals surface area (Å²) in [5.74, 6) is -6.72. The van der Waals surface area contributed by atoms with Crippen LogP contribution in [0.25, 0.3) is 12.2 Å². The molecule has 0 saturated heterocycles. The molecule has 4 aromatic carbocycles. The summed E-state index contributed by atoms with van der Waals surface area (Å²) < 4.78 is 272. The number of fused-ring (bicyclic) bond motifs is 2. The average molecular weight is 1470 g/mol. The molecule has 0 fully saturated rings. The molecule has 50 heteroatoms. The van der Waals surface area contributed by atoms with Crippen molar-refractivity contribution >= 4 is 162 Å². The van der Waals surface area contributed by atoms with Crippen LogP contribution in [0, 0.1) is 0 Å². The zero-order chi connectivity index (χ0) is 61.6. The molecule has 0 aliphatic heterocycles. The average Bonchev–Trinajstić information content (AvgIpc) is 0.797. The molecule has 2 aliphatic rings. The maximum absolute atomic E-state index is 14.3. The van der Waals surface area contributed by atoms with Gasteiger partial charge in [-0.05, 0) is 108 Å². The molecule has 35 nitrogen and oxygen atoms in total. The van der Waals surface area contributed by atoms with Crippen LogP contribution in [-0.4, -0.2) is 157 Å². The number of hydrogen-bond donors (Lipinski definition) is 4. The number of hydrazone groups is 2. The number of sulfone groups is 2. The molecule has 0 atom stereocenters. The number of anilines is 6. The van der Waals surface area contributed by atoms with Gasteiger partial charge >= 0.3 is 177 Å². The minimum Gasteiger partial charge on any atom is -0.744 e. The molecule has 0 radical (unpaired) electrons. The predicted molar refractivity (Wildman–Crippen MR) is 275 cm³/mol. The van der Waals surface area contributed by atoms with Gasteiger partial charge < -0.3 is 38.0 Å². The number of carbonyl (C=O) groups is 2. The van der Waals surface area contributed by atoms with E-state index in [1.54, 1.807) is 0 Å². The summed E-state index contributed by atoms with van der Waals surface area (Å²) in [5.41, 5.74) is -3.02. The molecule has 5 aromatic rings. The first-order chi connectivity index (χ1) is 38.1. The van der Waals surface area contributed by atoms with Crippen molar-refractivity contribution in [2.75, 3.05) is 46.2 Å². The van der Waals surface area contributed by atoms with E-state index in [1.807, 2.05) is 0 Å². The van der Waals surface area contributed by atoms with Gasteiger partial charge in [-0.15, -0.1) is 0 Å². The summed E-state index contributed by atoms with van der Waals surface area (Å²) in [4.78, 5) is 33.9. The topological polar surface area (TPSA) is 576 Å². The molecule has 0 saturated carbocycles. The number of ketones is 2. The zero-order valence-corrected chi connectivity index (χ0v) is 65.2. The Labute approximate surface area is 643 Å². The van der Waals surface area contributed by atoms with Crippen LogP contribution in [-0.2, 0) is 89.3 Å². The number of hydrogen-bond acceptors (Lipinski definition) is 35. The summed E-state index contributed by atoms with van der Waals surface area (Å²) in [6, 6.07) is 9.60. The molecular formula is C39H26ClN9Na6O26S8. The second-order valence-corrected chi connectivity index (χ2v) is 28.3. The van der Waals surface area contributed by atoms with Gasteiger partial charge in [0.2, 0.25) is 49.5 Å². The van der Waals surface area contributed by atoms with Crippen LogP contribution in [0.5, 0.6) is 0 Å². The number of carbonyl (C=O) groups excluding carboxylic acids is 2. The maximum Gasteiger partial charge on any atom is 1.00 e. The Kier molecular flexibility index (Phi) is 32.0. The molecule has 0 bridgehead atoms. The second kappa shape index (κ2) is 33.2. The normalized spacial score (nSPS) is 14.5. The Morgan fingerprint density at radius 3 is 1.03 bits per heavy atom. The van der Waals surface area contributed by atoms with E-state index in [9.17, 15) is 104 Å². The van der Waals surface area contributed by atoms with Gasteiger partial charge in [-0.3, -0.25) is 28.8 Å². The molecule has 7 rings (SSSR count). The SMILES string of the molecule is O=C1C(=NNc2ccc(S(=O)(=O)CCOS(=O)(=O)[O-])cc2)C(S(=O)(=O)[O-])=Cc2cc(S(=O)(=O)[O-])cc(Nc3nc(Cl)nc(Nc4cc(S(=O)(=O)[O-])cc5c4C(=O)C(=NNc4ccc(S(=O)(=O)CCOS(=O)(=O)[O-])cc4)C(S(=O)(=O)[O-])=C5)n3)c21.[Na+].[Na+].[Na+].[Na+].[Na+].[Na+]. The van der Waals surface area contributed by atoms with Crippen molar-refractivity contribution in [2.24, 2.45) is 10.2 Å². The number of benzene rings is 4. The van der Waals surface area contributed by atoms with E-state index < -0.39 is 209 Å². The van der Waals surface area contributed by atoms with E-state index in [1.165, 1.54) is 0 Å². The van der Waals surface area contributed by atoms with Crippen LogP contribution in [0.2, 0.25) is 5.28 Å². The third kappa shape index (κ3) is 23.0. The van der Waals surface area contributed by atoms with Crippen LogP contribution < -0.4 is 199 Å². The van der Waals surface area contributed by atoms with Crippen molar-refractivity contribution in [2.45, 2.75) is 19.6 Å². The minimum absolute atomic E-state index is 0. The molecule has 444 valence electrons. The van der Waals surface area contributed by atoms with Gasteiger partial charge in [0, 0.05) is 0 Å². The van der Waals surface area contributed by atoms with Crippen LogP contribution >= 0.6 is 11.6 Å². The van der Waals surface area contributed by atoms with Crippen molar-refractivity contribution in [1.29, 1.82) is 0 Å². The first-order valence-electron chi connectivity index (χ1n) is 21.3. The third-order valence-electron chi connectivity index (χ3n) is 10.6. The molecule has 1 heterocycles. The van der Waals surface area contributed by atoms with Crippen molar-refractivity contribution in [3.05, 3.63) is 110 Å². The Bertz CT molecular complexity index is 4420. The first kappa shape index (κ1) is 85.8. The smallest absolute Gasteiger partial charge is 0.744 e. The number of aromatic nitrogens is 3. The second-order valence-electron chi connectivity index (χ2n) is 16.2. The van der Waals surface area contributed by atoms with E-state index >= 15 is 0 Å². The molecule has 0 amide bonds. The summed E-state index contributed by atoms with van der Waals surface area (Å²) in [5, 5.41) is 11.2.